The first-order valence-electron chi connectivity index (χ1n) is 3.19. The van der Waals surface area contributed by atoms with Crippen molar-refractivity contribution in [3.05, 3.63) is 0 Å². The Kier molecular flexibility index (Phi) is 1.89. The molecule has 1 aliphatic rings. The molecule has 1 rings (SSSR count). The maximum absolute atomic E-state index is 10.6. The summed E-state index contributed by atoms with van der Waals surface area (Å²) in [5.41, 5.74) is 0. The van der Waals surface area contributed by atoms with Crippen LogP contribution in [0, 0.1) is 0 Å². The molecule has 4 nitrogen and oxygen atoms in total. The number of carbonyl (C=O) groups is 2. The van der Waals surface area contributed by atoms with E-state index in [0.29, 0.717) is 0 Å². The first kappa shape index (κ1) is 7.05. The van der Waals surface area contributed by atoms with Gasteiger partial charge in [-0.15, -0.1) is 0 Å². The maximum atomic E-state index is 10.6. The molecule has 0 bridgehead atoms. The molecular weight excluding hydrogens is 134 g/mol. The molecule has 2 N–H and O–H groups in total. The standard InChI is InChI=1S/C6H9NO3/c8-5(3-6(9)10)7-4-1-2-4/h4H,1-3H2,(H,7,8)(H,9,10). The molecule has 0 heterocycles. The first-order valence-corrected chi connectivity index (χ1v) is 3.19. The van der Waals surface area contributed by atoms with Crippen LogP contribution in [0.2, 0.25) is 0 Å². The lowest BCUT2D eigenvalue weighted by molar-refractivity contribution is -0.140. The average Bonchev–Trinajstić information content (AvgIpc) is 2.46. The molecule has 10 heavy (non-hydrogen) atoms. The van der Waals surface area contributed by atoms with Crippen molar-refractivity contribution >= 4 is 11.9 Å². The fourth-order valence-electron chi connectivity index (χ4n) is 0.644. The van der Waals surface area contributed by atoms with Crippen molar-refractivity contribution in [1.29, 1.82) is 0 Å². The Morgan fingerprint density at radius 3 is 2.50 bits per heavy atom. The van der Waals surface area contributed by atoms with E-state index in [4.69, 9.17) is 5.11 Å². The maximum Gasteiger partial charge on any atom is 0.312 e. The molecule has 0 atom stereocenters. The zero-order valence-corrected chi connectivity index (χ0v) is 5.46. The van der Waals surface area contributed by atoms with Crippen LogP contribution in [0.15, 0.2) is 0 Å². The van der Waals surface area contributed by atoms with Gasteiger partial charge in [0.25, 0.3) is 0 Å². The minimum atomic E-state index is -1.07. The highest BCUT2D eigenvalue weighted by molar-refractivity contribution is 5.93. The molecule has 1 aliphatic carbocycles. The highest BCUT2D eigenvalue weighted by Crippen LogP contribution is 2.18. The third kappa shape index (κ3) is 2.48. The van der Waals surface area contributed by atoms with Crippen molar-refractivity contribution in [2.45, 2.75) is 25.3 Å². The lowest BCUT2D eigenvalue weighted by atomic mass is 10.4. The van der Waals surface area contributed by atoms with E-state index >= 15 is 0 Å². The SMILES string of the molecule is O=C(O)CC(=O)NC1CC1. The third-order valence-corrected chi connectivity index (χ3v) is 1.25. The molecule has 0 spiro atoms. The first-order chi connectivity index (χ1) is 4.68. The number of aliphatic carboxylic acids is 1. The number of hydrogen-bond donors (Lipinski definition) is 2. The van der Waals surface area contributed by atoms with Gasteiger partial charge in [-0.05, 0) is 12.8 Å². The van der Waals surface area contributed by atoms with Gasteiger partial charge in [-0.1, -0.05) is 0 Å². The summed E-state index contributed by atoms with van der Waals surface area (Å²) in [5, 5.41) is 10.7. The molecular formula is C6H9NO3. The Hall–Kier alpha value is -1.06. The molecule has 0 aliphatic heterocycles. The molecule has 4 heteroatoms. The number of nitrogens with one attached hydrogen (secondary N) is 1. The van der Waals surface area contributed by atoms with Gasteiger partial charge in [-0.2, -0.15) is 0 Å². The molecule has 0 saturated heterocycles. The smallest absolute Gasteiger partial charge is 0.312 e. The van der Waals surface area contributed by atoms with Gasteiger partial charge in [-0.3, -0.25) is 9.59 Å². The lowest BCUT2D eigenvalue weighted by Gasteiger charge is -1.97. The zero-order valence-electron chi connectivity index (χ0n) is 5.46. The van der Waals surface area contributed by atoms with E-state index in [9.17, 15) is 9.59 Å². The highest BCUT2D eigenvalue weighted by Gasteiger charge is 2.23. The summed E-state index contributed by atoms with van der Waals surface area (Å²) in [5.74, 6) is -1.45. The van der Waals surface area contributed by atoms with Crippen LogP contribution >= 0.6 is 0 Å². The van der Waals surface area contributed by atoms with Crippen molar-refractivity contribution in [3.8, 4) is 0 Å². The Morgan fingerprint density at radius 1 is 1.50 bits per heavy atom. The van der Waals surface area contributed by atoms with Gasteiger partial charge in [-0.25, -0.2) is 0 Å². The van der Waals surface area contributed by atoms with E-state index in [0.717, 1.165) is 12.8 Å². The van der Waals surface area contributed by atoms with Crippen molar-refractivity contribution in [1.82, 2.24) is 5.32 Å². The van der Waals surface area contributed by atoms with Gasteiger partial charge in [0.1, 0.15) is 6.42 Å². The van der Waals surface area contributed by atoms with Gasteiger partial charge in [0.05, 0.1) is 0 Å². The van der Waals surface area contributed by atoms with Crippen LogP contribution in [0.5, 0.6) is 0 Å². The summed E-state index contributed by atoms with van der Waals surface area (Å²) in [4.78, 5) is 20.6. The minimum absolute atomic E-state index is 0.256. The van der Waals surface area contributed by atoms with Crippen LogP contribution in [0.3, 0.4) is 0 Å². The van der Waals surface area contributed by atoms with E-state index in [1.165, 1.54) is 0 Å². The van der Waals surface area contributed by atoms with Gasteiger partial charge in [0.15, 0.2) is 0 Å². The molecule has 56 valence electrons. The summed E-state index contributed by atoms with van der Waals surface area (Å²) in [6.07, 6.45) is 1.58. The molecule has 0 unspecified atom stereocenters. The van der Waals surface area contributed by atoms with Crippen molar-refractivity contribution in [2.75, 3.05) is 0 Å². The van der Waals surface area contributed by atoms with Crippen LogP contribution in [-0.4, -0.2) is 23.0 Å². The summed E-state index contributed by atoms with van der Waals surface area (Å²) in [6.45, 7) is 0. The summed E-state index contributed by atoms with van der Waals surface area (Å²) >= 11 is 0. The van der Waals surface area contributed by atoms with Crippen LogP contribution < -0.4 is 5.32 Å². The Labute approximate surface area is 58.2 Å². The van der Waals surface area contributed by atoms with Gasteiger partial charge >= 0.3 is 5.97 Å². The van der Waals surface area contributed by atoms with E-state index in [-0.39, 0.29) is 11.9 Å². The number of carboxylic acid groups (broad SMARTS) is 1. The fourth-order valence-corrected chi connectivity index (χ4v) is 0.644. The Morgan fingerprint density at radius 2 is 2.10 bits per heavy atom. The van der Waals surface area contributed by atoms with Crippen LogP contribution in [0.4, 0.5) is 0 Å². The second-order valence-corrected chi connectivity index (χ2v) is 2.41. The van der Waals surface area contributed by atoms with Gasteiger partial charge in [0, 0.05) is 6.04 Å². The largest absolute Gasteiger partial charge is 0.481 e. The molecule has 1 amide bonds. The fraction of sp³-hybridized carbons (Fsp3) is 0.667. The quantitative estimate of drug-likeness (QED) is 0.535. The molecule has 0 aromatic carbocycles. The van der Waals surface area contributed by atoms with Gasteiger partial charge in [0.2, 0.25) is 5.91 Å². The number of carbonyl (C=O) groups excluding carboxylic acids is 1. The van der Waals surface area contributed by atoms with Crippen LogP contribution in [0.1, 0.15) is 19.3 Å². The summed E-state index contributed by atoms with van der Waals surface area (Å²) in [7, 11) is 0. The van der Waals surface area contributed by atoms with E-state index in [1.54, 1.807) is 0 Å². The molecule has 0 radical (unpaired) electrons. The topological polar surface area (TPSA) is 66.4 Å². The Bertz CT molecular complexity index is 162. The van der Waals surface area contributed by atoms with Crippen LogP contribution in [-0.2, 0) is 9.59 Å². The normalized spacial score (nSPS) is 16.4. The van der Waals surface area contributed by atoms with E-state index in [2.05, 4.69) is 5.32 Å². The number of carboxylic acids is 1. The predicted octanol–water partition coefficient (Wildman–Crippen LogP) is -0.260. The monoisotopic (exact) mass is 143 g/mol. The zero-order chi connectivity index (χ0) is 7.56. The number of amides is 1. The summed E-state index contributed by atoms with van der Waals surface area (Å²) < 4.78 is 0. The predicted molar refractivity (Wildman–Crippen MR) is 33.4 cm³/mol. The minimum Gasteiger partial charge on any atom is -0.481 e. The van der Waals surface area contributed by atoms with E-state index < -0.39 is 12.4 Å². The lowest BCUT2D eigenvalue weighted by Crippen LogP contribution is -2.27. The number of hydrogen-bond acceptors (Lipinski definition) is 2. The molecule has 1 fully saturated rings. The molecule has 0 aromatic rings. The second-order valence-electron chi connectivity index (χ2n) is 2.41. The highest BCUT2D eigenvalue weighted by atomic mass is 16.4. The Balaban J connectivity index is 2.14. The second kappa shape index (κ2) is 2.68. The molecule has 1 saturated carbocycles. The van der Waals surface area contributed by atoms with Crippen molar-refractivity contribution in [3.63, 3.8) is 0 Å². The third-order valence-electron chi connectivity index (χ3n) is 1.25. The van der Waals surface area contributed by atoms with Gasteiger partial charge < -0.3 is 10.4 Å². The summed E-state index contributed by atoms with van der Waals surface area (Å²) in [6, 6.07) is 0.256. The molecule has 0 aromatic heterocycles. The van der Waals surface area contributed by atoms with Crippen LogP contribution in [0.25, 0.3) is 0 Å². The van der Waals surface area contributed by atoms with Crippen molar-refractivity contribution in [2.24, 2.45) is 0 Å². The van der Waals surface area contributed by atoms with E-state index in [1.807, 2.05) is 0 Å². The average molecular weight is 143 g/mol. The number of rotatable bonds is 3. The van der Waals surface area contributed by atoms with Crippen molar-refractivity contribution < 1.29 is 14.7 Å².